The number of carboxylic acid groups (broad SMARTS) is 1. The molecule has 34 heavy (non-hydrogen) atoms. The van der Waals surface area contributed by atoms with Crippen LogP contribution in [0.4, 0.5) is 11.5 Å². The summed E-state index contributed by atoms with van der Waals surface area (Å²) in [5.74, 6) is -0.687. The molecule has 0 saturated carbocycles. The number of amides is 1. The number of pyridine rings is 1. The molecule has 1 aliphatic rings. The number of aromatic nitrogens is 3. The molecule has 0 bridgehead atoms. The van der Waals surface area contributed by atoms with Gasteiger partial charge in [0, 0.05) is 31.9 Å². The highest BCUT2D eigenvalue weighted by atomic mass is 16.4. The molecule has 0 spiro atoms. The highest BCUT2D eigenvalue weighted by molar-refractivity contribution is 5.94. The number of nitrogens with one attached hydrogen (secondary N) is 1. The molecule has 3 N–H and O–H groups in total. The Kier molecular flexibility index (Phi) is 6.69. The second-order valence-corrected chi connectivity index (χ2v) is 8.22. The Morgan fingerprint density at radius 1 is 1.15 bits per heavy atom. The van der Waals surface area contributed by atoms with Gasteiger partial charge in [0.25, 0.3) is 11.5 Å². The monoisotopic (exact) mass is 463 g/mol. The number of aliphatic carboxylic acids is 1. The summed E-state index contributed by atoms with van der Waals surface area (Å²) in [5.41, 5.74) is 2.11. The Hall–Kier alpha value is -4.05. The molecule has 3 aromatic rings. The van der Waals surface area contributed by atoms with E-state index >= 15 is 0 Å². The van der Waals surface area contributed by atoms with Crippen molar-refractivity contribution >= 4 is 23.4 Å². The third kappa shape index (κ3) is 5.29. The summed E-state index contributed by atoms with van der Waals surface area (Å²) in [4.78, 5) is 42.3. The molecule has 0 radical (unpaired) electrons. The van der Waals surface area contributed by atoms with Gasteiger partial charge in [-0.2, -0.15) is 5.10 Å². The molecule has 1 fully saturated rings. The summed E-state index contributed by atoms with van der Waals surface area (Å²) in [6, 6.07) is 11.8. The van der Waals surface area contributed by atoms with E-state index in [1.807, 2.05) is 0 Å². The standard InChI is InChI=1S/C24H25N5O5/c1-28-24(34)20(13-19(27-28)16-4-2-3-15(11-16)12-22(31)32)26-21-6-5-17(14-25-21)23(33)29-9-7-18(30)8-10-29/h2-6,11,13-14,18,30H,7-10,12H2,1H3,(H,25,26)(H,31,32). The van der Waals surface area contributed by atoms with Crippen molar-refractivity contribution in [2.45, 2.75) is 25.4 Å². The van der Waals surface area contributed by atoms with E-state index in [1.165, 1.54) is 17.9 Å². The third-order valence-corrected chi connectivity index (χ3v) is 5.67. The molecule has 3 heterocycles. The van der Waals surface area contributed by atoms with Gasteiger partial charge in [-0.1, -0.05) is 18.2 Å². The van der Waals surface area contributed by atoms with Crippen LogP contribution in [-0.4, -0.2) is 60.9 Å². The van der Waals surface area contributed by atoms with Crippen molar-refractivity contribution in [3.05, 3.63) is 70.1 Å². The molecule has 10 heteroatoms. The molecular weight excluding hydrogens is 438 g/mol. The zero-order valence-corrected chi connectivity index (χ0v) is 18.6. The number of carboxylic acids is 1. The normalized spacial score (nSPS) is 14.1. The minimum Gasteiger partial charge on any atom is -0.481 e. The second-order valence-electron chi connectivity index (χ2n) is 8.22. The lowest BCUT2D eigenvalue weighted by atomic mass is 10.1. The van der Waals surface area contributed by atoms with Crippen molar-refractivity contribution in [2.24, 2.45) is 7.05 Å². The number of hydrogen-bond donors (Lipinski definition) is 3. The van der Waals surface area contributed by atoms with Gasteiger partial charge in [0.2, 0.25) is 0 Å². The number of carbonyl (C=O) groups excluding carboxylic acids is 1. The molecule has 10 nitrogen and oxygen atoms in total. The van der Waals surface area contributed by atoms with Crippen molar-refractivity contribution < 1.29 is 19.8 Å². The lowest BCUT2D eigenvalue weighted by molar-refractivity contribution is -0.136. The number of aryl methyl sites for hydroxylation is 1. The van der Waals surface area contributed by atoms with Crippen molar-refractivity contribution in [1.29, 1.82) is 0 Å². The second kappa shape index (κ2) is 9.84. The highest BCUT2D eigenvalue weighted by Crippen LogP contribution is 2.22. The maximum absolute atomic E-state index is 12.7. The molecule has 1 saturated heterocycles. The predicted octanol–water partition coefficient (Wildman–Crippen LogP) is 1.81. The number of likely N-dealkylation sites (tertiary alicyclic amines) is 1. The summed E-state index contributed by atoms with van der Waals surface area (Å²) in [5, 5.41) is 25.9. The van der Waals surface area contributed by atoms with Gasteiger partial charge >= 0.3 is 5.97 Å². The average molecular weight is 463 g/mol. The summed E-state index contributed by atoms with van der Waals surface area (Å²) < 4.78 is 1.20. The number of anilines is 2. The number of rotatable bonds is 6. The molecule has 2 aromatic heterocycles. The molecule has 0 unspecified atom stereocenters. The van der Waals surface area contributed by atoms with E-state index < -0.39 is 5.97 Å². The fourth-order valence-corrected chi connectivity index (χ4v) is 3.84. The fraction of sp³-hybridized carbons (Fsp3) is 0.292. The zero-order valence-electron chi connectivity index (χ0n) is 18.6. The van der Waals surface area contributed by atoms with Crippen LogP contribution in [0.1, 0.15) is 28.8 Å². The molecule has 1 aromatic carbocycles. The Labute approximate surface area is 195 Å². The van der Waals surface area contributed by atoms with Crippen LogP contribution in [0, 0.1) is 0 Å². The van der Waals surface area contributed by atoms with Gasteiger partial charge in [0.15, 0.2) is 0 Å². The third-order valence-electron chi connectivity index (χ3n) is 5.67. The largest absolute Gasteiger partial charge is 0.481 e. The fourth-order valence-electron chi connectivity index (χ4n) is 3.84. The molecule has 176 valence electrons. The van der Waals surface area contributed by atoms with Crippen LogP contribution in [0.15, 0.2) is 53.5 Å². The van der Waals surface area contributed by atoms with Gasteiger partial charge in [-0.15, -0.1) is 0 Å². The van der Waals surface area contributed by atoms with Crippen LogP contribution in [-0.2, 0) is 18.3 Å². The van der Waals surface area contributed by atoms with Crippen LogP contribution < -0.4 is 10.9 Å². The minimum absolute atomic E-state index is 0.113. The first-order chi connectivity index (χ1) is 16.3. The summed E-state index contributed by atoms with van der Waals surface area (Å²) in [6.07, 6.45) is 2.11. The first-order valence-electron chi connectivity index (χ1n) is 10.9. The topological polar surface area (TPSA) is 138 Å². The van der Waals surface area contributed by atoms with E-state index in [0.29, 0.717) is 54.1 Å². The molecule has 0 aliphatic carbocycles. The SMILES string of the molecule is Cn1nc(-c2cccc(CC(=O)O)c2)cc(Nc2ccc(C(=O)N3CCC(O)CC3)cn2)c1=O. The van der Waals surface area contributed by atoms with Crippen LogP contribution in [0.25, 0.3) is 11.3 Å². The lowest BCUT2D eigenvalue weighted by Crippen LogP contribution is -2.40. The van der Waals surface area contributed by atoms with E-state index in [9.17, 15) is 19.5 Å². The smallest absolute Gasteiger partial charge is 0.307 e. The molecule has 1 amide bonds. The minimum atomic E-state index is -0.932. The van der Waals surface area contributed by atoms with Crippen LogP contribution in [0.3, 0.4) is 0 Å². The van der Waals surface area contributed by atoms with E-state index in [0.717, 1.165) is 0 Å². The van der Waals surface area contributed by atoms with Crippen LogP contribution in [0.2, 0.25) is 0 Å². The molecule has 0 atom stereocenters. The Morgan fingerprint density at radius 3 is 2.59 bits per heavy atom. The maximum Gasteiger partial charge on any atom is 0.307 e. The maximum atomic E-state index is 12.7. The van der Waals surface area contributed by atoms with Gasteiger partial charge in [0.1, 0.15) is 11.5 Å². The van der Waals surface area contributed by atoms with E-state index in [-0.39, 0.29) is 29.7 Å². The number of aliphatic hydroxyl groups is 1. The quantitative estimate of drug-likeness (QED) is 0.503. The first-order valence-corrected chi connectivity index (χ1v) is 10.9. The molecular formula is C24H25N5O5. The number of carbonyl (C=O) groups is 2. The average Bonchev–Trinajstić information content (AvgIpc) is 2.82. The number of nitrogens with zero attached hydrogens (tertiary/aromatic N) is 4. The predicted molar refractivity (Wildman–Crippen MR) is 125 cm³/mol. The van der Waals surface area contributed by atoms with Gasteiger partial charge in [-0.25, -0.2) is 9.67 Å². The van der Waals surface area contributed by atoms with Crippen molar-refractivity contribution in [3.63, 3.8) is 0 Å². The van der Waals surface area contributed by atoms with E-state index in [2.05, 4.69) is 15.4 Å². The molecule has 4 rings (SSSR count). The summed E-state index contributed by atoms with van der Waals surface area (Å²) in [7, 11) is 1.53. The van der Waals surface area contributed by atoms with Crippen molar-refractivity contribution in [3.8, 4) is 11.3 Å². The number of piperidine rings is 1. The number of hydrogen-bond acceptors (Lipinski definition) is 7. The van der Waals surface area contributed by atoms with E-state index in [1.54, 1.807) is 47.4 Å². The Bertz CT molecular complexity index is 1260. The van der Waals surface area contributed by atoms with Crippen LogP contribution in [0.5, 0.6) is 0 Å². The summed E-state index contributed by atoms with van der Waals surface area (Å²) in [6.45, 7) is 1.01. The zero-order chi connectivity index (χ0) is 24.2. The van der Waals surface area contributed by atoms with Gasteiger partial charge < -0.3 is 20.4 Å². The highest BCUT2D eigenvalue weighted by Gasteiger charge is 2.22. The summed E-state index contributed by atoms with van der Waals surface area (Å²) >= 11 is 0. The van der Waals surface area contributed by atoms with E-state index in [4.69, 9.17) is 5.11 Å². The number of aliphatic hydroxyl groups excluding tert-OH is 1. The van der Waals surface area contributed by atoms with Gasteiger partial charge in [-0.05, 0) is 42.7 Å². The Morgan fingerprint density at radius 2 is 1.91 bits per heavy atom. The Balaban J connectivity index is 1.54. The lowest BCUT2D eigenvalue weighted by Gasteiger charge is -2.29. The first kappa shape index (κ1) is 23.1. The number of benzene rings is 1. The van der Waals surface area contributed by atoms with Crippen molar-refractivity contribution in [2.75, 3.05) is 18.4 Å². The van der Waals surface area contributed by atoms with Crippen molar-refractivity contribution in [1.82, 2.24) is 19.7 Å². The van der Waals surface area contributed by atoms with Gasteiger partial charge in [0.05, 0.1) is 23.8 Å². The molecule has 1 aliphatic heterocycles. The van der Waals surface area contributed by atoms with Crippen LogP contribution >= 0.6 is 0 Å². The van der Waals surface area contributed by atoms with Gasteiger partial charge in [-0.3, -0.25) is 14.4 Å².